The van der Waals surface area contributed by atoms with E-state index in [9.17, 15) is 4.79 Å². The molecule has 2 rings (SSSR count). The third kappa shape index (κ3) is 5.55. The van der Waals surface area contributed by atoms with Crippen molar-refractivity contribution in [3.05, 3.63) is 23.8 Å². The normalized spacial score (nSPS) is 17.1. The summed E-state index contributed by atoms with van der Waals surface area (Å²) in [6, 6.07) is 6.48. The van der Waals surface area contributed by atoms with E-state index in [0.29, 0.717) is 12.0 Å². The third-order valence-electron chi connectivity index (χ3n) is 4.64. The number of rotatable bonds is 4. The predicted octanol–water partition coefficient (Wildman–Crippen LogP) is 4.45. The molecule has 25 heavy (non-hydrogen) atoms. The van der Waals surface area contributed by atoms with Crippen LogP contribution in [0.25, 0.3) is 0 Å². The molecule has 1 saturated heterocycles. The van der Waals surface area contributed by atoms with Crippen LogP contribution in [0.15, 0.2) is 18.2 Å². The maximum Gasteiger partial charge on any atom is 0.410 e. The number of nitrogens with one attached hydrogen (secondary N) is 1. The monoisotopic (exact) mass is 348 g/mol. The van der Waals surface area contributed by atoms with Crippen LogP contribution in [0.3, 0.4) is 0 Å². The molecule has 0 aliphatic carbocycles. The zero-order valence-corrected chi connectivity index (χ0v) is 16.4. The number of carbonyl (C=O) groups excluding carboxylic acids is 1. The van der Waals surface area contributed by atoms with Gasteiger partial charge in [0.2, 0.25) is 0 Å². The van der Waals surface area contributed by atoms with Gasteiger partial charge in [0.1, 0.15) is 11.4 Å². The van der Waals surface area contributed by atoms with Crippen molar-refractivity contribution in [2.45, 2.75) is 59.1 Å². The van der Waals surface area contributed by atoms with Crippen molar-refractivity contribution in [2.75, 3.05) is 25.5 Å². The largest absolute Gasteiger partial charge is 0.495 e. The number of hydrogen-bond acceptors (Lipinski definition) is 4. The lowest BCUT2D eigenvalue weighted by Gasteiger charge is -2.36. The second kappa shape index (κ2) is 7.98. The molecule has 5 nitrogen and oxygen atoms in total. The lowest BCUT2D eigenvalue weighted by atomic mass is 9.90. The van der Waals surface area contributed by atoms with E-state index in [-0.39, 0.29) is 6.09 Å². The first-order valence-electron chi connectivity index (χ1n) is 9.08. The van der Waals surface area contributed by atoms with Gasteiger partial charge in [-0.3, -0.25) is 0 Å². The second-order valence-corrected chi connectivity index (χ2v) is 7.94. The first-order chi connectivity index (χ1) is 11.7. The quantitative estimate of drug-likeness (QED) is 0.873. The summed E-state index contributed by atoms with van der Waals surface area (Å²) in [5.41, 5.74) is 1.80. The van der Waals surface area contributed by atoms with E-state index in [1.165, 1.54) is 5.56 Å². The molecule has 0 aromatic heterocycles. The van der Waals surface area contributed by atoms with Crippen LogP contribution in [0.1, 0.15) is 46.1 Å². The summed E-state index contributed by atoms with van der Waals surface area (Å²) in [5, 5.41) is 3.59. The molecule has 1 unspecified atom stereocenters. The fourth-order valence-electron chi connectivity index (χ4n) is 3.21. The fraction of sp³-hybridized carbons (Fsp3) is 0.650. The number of methoxy groups -OCH3 is 1. The number of hydrogen-bond donors (Lipinski definition) is 1. The smallest absolute Gasteiger partial charge is 0.410 e. The summed E-state index contributed by atoms with van der Waals surface area (Å²) in [7, 11) is 1.69. The highest BCUT2D eigenvalue weighted by molar-refractivity contribution is 5.68. The maximum atomic E-state index is 12.2. The van der Waals surface area contributed by atoms with Crippen molar-refractivity contribution < 1.29 is 14.3 Å². The molecule has 0 bridgehead atoms. The number of aryl methyl sites for hydroxylation is 1. The third-order valence-corrected chi connectivity index (χ3v) is 4.64. The highest BCUT2D eigenvalue weighted by Crippen LogP contribution is 2.29. The Morgan fingerprint density at radius 3 is 2.48 bits per heavy atom. The Hall–Kier alpha value is -1.91. The van der Waals surface area contributed by atoms with Crippen molar-refractivity contribution in [1.29, 1.82) is 0 Å². The molecule has 0 radical (unpaired) electrons. The Labute approximate surface area is 151 Å². The van der Waals surface area contributed by atoms with Crippen molar-refractivity contribution in [3.8, 4) is 5.75 Å². The average molecular weight is 348 g/mol. The van der Waals surface area contributed by atoms with Gasteiger partial charge >= 0.3 is 6.09 Å². The molecule has 140 valence electrons. The molecule has 1 aliphatic rings. The molecular weight excluding hydrogens is 316 g/mol. The van der Waals surface area contributed by atoms with Gasteiger partial charge in [0.25, 0.3) is 0 Å². The van der Waals surface area contributed by atoms with E-state index in [0.717, 1.165) is 37.4 Å². The number of piperidine rings is 1. The number of ether oxygens (including phenoxy) is 2. The average Bonchev–Trinajstić information content (AvgIpc) is 2.53. The summed E-state index contributed by atoms with van der Waals surface area (Å²) in [4.78, 5) is 14.0. The minimum atomic E-state index is -0.440. The van der Waals surface area contributed by atoms with E-state index >= 15 is 0 Å². The molecule has 1 aliphatic heterocycles. The molecule has 1 heterocycles. The van der Waals surface area contributed by atoms with Crippen LogP contribution >= 0.6 is 0 Å². The number of nitrogens with zero attached hydrogens (tertiary/aromatic N) is 1. The van der Waals surface area contributed by atoms with Crippen molar-refractivity contribution in [1.82, 2.24) is 4.90 Å². The molecule has 5 heteroatoms. The zero-order valence-electron chi connectivity index (χ0n) is 16.4. The lowest BCUT2D eigenvalue weighted by molar-refractivity contribution is 0.0179. The first-order valence-corrected chi connectivity index (χ1v) is 9.08. The molecule has 0 spiro atoms. The van der Waals surface area contributed by atoms with Gasteiger partial charge in [-0.2, -0.15) is 0 Å². The van der Waals surface area contributed by atoms with Crippen LogP contribution in [-0.4, -0.2) is 42.8 Å². The summed E-state index contributed by atoms with van der Waals surface area (Å²) < 4.78 is 10.9. The van der Waals surface area contributed by atoms with E-state index in [2.05, 4.69) is 25.2 Å². The van der Waals surface area contributed by atoms with Crippen LogP contribution < -0.4 is 10.1 Å². The highest BCUT2D eigenvalue weighted by Gasteiger charge is 2.29. The van der Waals surface area contributed by atoms with Gasteiger partial charge in [0, 0.05) is 19.1 Å². The van der Waals surface area contributed by atoms with E-state index in [4.69, 9.17) is 9.47 Å². The number of likely N-dealkylation sites (tertiary alicyclic amines) is 1. The summed E-state index contributed by atoms with van der Waals surface area (Å²) in [6.45, 7) is 11.5. The van der Waals surface area contributed by atoms with Gasteiger partial charge in [0.15, 0.2) is 0 Å². The van der Waals surface area contributed by atoms with Crippen molar-refractivity contribution in [3.63, 3.8) is 0 Å². The van der Waals surface area contributed by atoms with Crippen LogP contribution in [0.5, 0.6) is 5.75 Å². The summed E-state index contributed by atoms with van der Waals surface area (Å²) in [5.74, 6) is 1.38. The fourth-order valence-corrected chi connectivity index (χ4v) is 3.21. The van der Waals surface area contributed by atoms with Crippen molar-refractivity contribution >= 4 is 11.8 Å². The van der Waals surface area contributed by atoms with E-state index in [1.54, 1.807) is 7.11 Å². The minimum absolute atomic E-state index is 0.202. The Bertz CT molecular complexity index is 587. The van der Waals surface area contributed by atoms with Gasteiger partial charge in [-0.15, -0.1) is 0 Å². The number of amides is 1. The zero-order chi connectivity index (χ0) is 18.6. The SMILES string of the molecule is COc1ccc(C)cc1NC(C)C1CCN(C(=O)OC(C)(C)C)CC1. The van der Waals surface area contributed by atoms with E-state index < -0.39 is 5.60 Å². The summed E-state index contributed by atoms with van der Waals surface area (Å²) >= 11 is 0. The van der Waals surface area contributed by atoms with Gasteiger partial charge < -0.3 is 19.7 Å². The van der Waals surface area contributed by atoms with E-state index in [1.807, 2.05) is 37.8 Å². The number of carbonyl (C=O) groups is 1. The number of anilines is 1. The van der Waals surface area contributed by atoms with Crippen LogP contribution in [0.2, 0.25) is 0 Å². The van der Waals surface area contributed by atoms with Gasteiger partial charge in [-0.05, 0) is 71.1 Å². The molecule has 1 fully saturated rings. The maximum absolute atomic E-state index is 12.2. The Morgan fingerprint density at radius 2 is 1.92 bits per heavy atom. The van der Waals surface area contributed by atoms with Crippen LogP contribution in [-0.2, 0) is 4.74 Å². The molecule has 1 atom stereocenters. The molecule has 0 saturated carbocycles. The first kappa shape index (κ1) is 19.4. The summed E-state index contributed by atoms with van der Waals surface area (Å²) in [6.07, 6.45) is 1.75. The van der Waals surface area contributed by atoms with Gasteiger partial charge in [0.05, 0.1) is 12.8 Å². The molecule has 1 amide bonds. The Morgan fingerprint density at radius 1 is 1.28 bits per heavy atom. The van der Waals surface area contributed by atoms with Crippen molar-refractivity contribution in [2.24, 2.45) is 5.92 Å². The Balaban J connectivity index is 1.90. The molecule has 1 N–H and O–H groups in total. The molecular formula is C20H32N2O3. The minimum Gasteiger partial charge on any atom is -0.495 e. The Kier molecular flexibility index (Phi) is 6.20. The molecule has 1 aromatic rings. The molecule has 1 aromatic carbocycles. The van der Waals surface area contributed by atoms with Gasteiger partial charge in [-0.1, -0.05) is 6.07 Å². The van der Waals surface area contributed by atoms with Crippen LogP contribution in [0, 0.1) is 12.8 Å². The second-order valence-electron chi connectivity index (χ2n) is 7.94. The highest BCUT2D eigenvalue weighted by atomic mass is 16.6. The lowest BCUT2D eigenvalue weighted by Crippen LogP contribution is -2.44. The van der Waals surface area contributed by atoms with Crippen LogP contribution in [0.4, 0.5) is 10.5 Å². The standard InChI is InChI=1S/C20H32N2O3/c1-14-7-8-18(24-6)17(13-14)21-15(2)16-9-11-22(12-10-16)19(23)25-20(3,4)5/h7-8,13,15-16,21H,9-12H2,1-6H3. The topological polar surface area (TPSA) is 50.8 Å². The predicted molar refractivity (Wildman–Crippen MR) is 101 cm³/mol. The van der Waals surface area contributed by atoms with Gasteiger partial charge in [-0.25, -0.2) is 4.79 Å². The number of benzene rings is 1.